The second-order valence-electron chi connectivity index (χ2n) is 5.75. The lowest BCUT2D eigenvalue weighted by Crippen LogP contribution is -2.63. The van der Waals surface area contributed by atoms with Gasteiger partial charge in [-0.25, -0.2) is 0 Å². The van der Waals surface area contributed by atoms with Crippen molar-refractivity contribution in [3.05, 3.63) is 0 Å². The van der Waals surface area contributed by atoms with E-state index in [-0.39, 0.29) is 6.04 Å². The van der Waals surface area contributed by atoms with E-state index in [0.29, 0.717) is 18.0 Å². The van der Waals surface area contributed by atoms with Crippen LogP contribution in [-0.4, -0.2) is 85.0 Å². The average molecular weight is 268 g/mol. The van der Waals surface area contributed by atoms with Gasteiger partial charge < -0.3 is 10.2 Å². The molecule has 3 unspecified atom stereocenters. The molecule has 5 nitrogen and oxygen atoms in total. The standard InChI is InChI=1S/C14H28N4O/c1-5-16-7-12(15-4)8-18-13(9-16)10-17(6-2)11(3)14(18)19/h11-13,15H,5-10H2,1-4H3. The van der Waals surface area contributed by atoms with Crippen LogP contribution < -0.4 is 5.32 Å². The maximum absolute atomic E-state index is 12.6. The van der Waals surface area contributed by atoms with Crippen LogP contribution in [0.15, 0.2) is 0 Å². The molecule has 110 valence electrons. The zero-order chi connectivity index (χ0) is 14.0. The van der Waals surface area contributed by atoms with Gasteiger partial charge in [0.15, 0.2) is 0 Å². The zero-order valence-electron chi connectivity index (χ0n) is 12.7. The number of hydrogen-bond donors (Lipinski definition) is 1. The van der Waals surface area contributed by atoms with Gasteiger partial charge in [-0.1, -0.05) is 13.8 Å². The van der Waals surface area contributed by atoms with Gasteiger partial charge in [0.25, 0.3) is 0 Å². The third-order valence-corrected chi connectivity index (χ3v) is 4.70. The lowest BCUT2D eigenvalue weighted by molar-refractivity contribution is -0.145. The Labute approximate surface area is 116 Å². The van der Waals surface area contributed by atoms with Crippen molar-refractivity contribution in [2.24, 2.45) is 0 Å². The molecule has 0 aromatic rings. The number of likely N-dealkylation sites (N-methyl/N-ethyl adjacent to an activating group) is 3. The van der Waals surface area contributed by atoms with E-state index in [1.165, 1.54) is 0 Å². The van der Waals surface area contributed by atoms with Crippen molar-refractivity contribution < 1.29 is 4.79 Å². The fraction of sp³-hybridized carbons (Fsp3) is 0.929. The monoisotopic (exact) mass is 268 g/mol. The van der Waals surface area contributed by atoms with Crippen LogP contribution in [-0.2, 0) is 4.79 Å². The molecule has 1 N–H and O–H groups in total. The molecule has 2 saturated heterocycles. The number of nitrogens with one attached hydrogen (secondary N) is 1. The van der Waals surface area contributed by atoms with Crippen LogP contribution in [0.4, 0.5) is 0 Å². The van der Waals surface area contributed by atoms with Gasteiger partial charge in [-0.15, -0.1) is 0 Å². The molecule has 0 bridgehead atoms. The Kier molecular flexibility index (Phi) is 4.81. The van der Waals surface area contributed by atoms with E-state index in [1.807, 2.05) is 14.0 Å². The summed E-state index contributed by atoms with van der Waals surface area (Å²) < 4.78 is 0. The lowest BCUT2D eigenvalue weighted by Gasteiger charge is -2.44. The summed E-state index contributed by atoms with van der Waals surface area (Å²) in [6, 6.07) is 0.767. The third-order valence-electron chi connectivity index (χ3n) is 4.70. The first kappa shape index (κ1) is 14.8. The molecule has 2 aliphatic rings. The molecule has 0 aliphatic carbocycles. The summed E-state index contributed by atoms with van der Waals surface area (Å²) >= 11 is 0. The quantitative estimate of drug-likeness (QED) is 0.771. The number of amides is 1. The lowest BCUT2D eigenvalue weighted by atomic mass is 10.1. The van der Waals surface area contributed by atoms with Gasteiger partial charge in [0.05, 0.1) is 12.1 Å². The Hall–Kier alpha value is -0.650. The van der Waals surface area contributed by atoms with E-state index in [2.05, 4.69) is 33.9 Å². The highest BCUT2D eigenvalue weighted by Crippen LogP contribution is 2.20. The molecule has 0 radical (unpaired) electrons. The van der Waals surface area contributed by atoms with Gasteiger partial charge in [0.1, 0.15) is 0 Å². The highest BCUT2D eigenvalue weighted by atomic mass is 16.2. The van der Waals surface area contributed by atoms with Crippen LogP contribution in [0, 0.1) is 0 Å². The fourth-order valence-corrected chi connectivity index (χ4v) is 3.32. The number of fused-ring (bicyclic) bond motifs is 1. The van der Waals surface area contributed by atoms with Gasteiger partial charge >= 0.3 is 0 Å². The SMILES string of the molecule is CCN1CC(NC)CN2C(=O)C(C)N(CC)CC2C1. The van der Waals surface area contributed by atoms with E-state index < -0.39 is 0 Å². The van der Waals surface area contributed by atoms with E-state index >= 15 is 0 Å². The number of rotatable bonds is 3. The molecule has 0 aromatic heterocycles. The smallest absolute Gasteiger partial charge is 0.240 e. The van der Waals surface area contributed by atoms with Crippen molar-refractivity contribution >= 4 is 5.91 Å². The Morgan fingerprint density at radius 3 is 2.47 bits per heavy atom. The topological polar surface area (TPSA) is 38.8 Å². The Morgan fingerprint density at radius 2 is 1.89 bits per heavy atom. The van der Waals surface area contributed by atoms with Gasteiger partial charge in [-0.2, -0.15) is 0 Å². The number of piperazine rings is 1. The molecule has 19 heavy (non-hydrogen) atoms. The van der Waals surface area contributed by atoms with Crippen molar-refractivity contribution in [1.82, 2.24) is 20.0 Å². The third kappa shape index (κ3) is 2.93. The highest BCUT2D eigenvalue weighted by molar-refractivity contribution is 5.82. The minimum Gasteiger partial charge on any atom is -0.334 e. The van der Waals surface area contributed by atoms with E-state index in [4.69, 9.17) is 0 Å². The number of nitrogens with zero attached hydrogens (tertiary/aromatic N) is 3. The molecular formula is C14H28N4O. The van der Waals surface area contributed by atoms with Gasteiger partial charge in [0.2, 0.25) is 5.91 Å². The zero-order valence-corrected chi connectivity index (χ0v) is 12.7. The van der Waals surface area contributed by atoms with Crippen LogP contribution >= 0.6 is 0 Å². The summed E-state index contributed by atoms with van der Waals surface area (Å²) in [6.45, 7) is 12.3. The minimum atomic E-state index is 0.0342. The summed E-state index contributed by atoms with van der Waals surface area (Å²) in [5.74, 6) is 0.302. The first-order chi connectivity index (χ1) is 9.10. The molecule has 0 saturated carbocycles. The van der Waals surface area contributed by atoms with E-state index in [9.17, 15) is 4.79 Å². The van der Waals surface area contributed by atoms with Crippen molar-refractivity contribution in [3.63, 3.8) is 0 Å². The number of hydrogen-bond acceptors (Lipinski definition) is 4. The Balaban J connectivity index is 2.18. The van der Waals surface area contributed by atoms with Crippen LogP contribution in [0.25, 0.3) is 0 Å². The summed E-state index contributed by atoms with van der Waals surface area (Å²) in [5, 5.41) is 3.35. The van der Waals surface area contributed by atoms with Crippen molar-refractivity contribution in [3.8, 4) is 0 Å². The molecule has 2 rings (SSSR count). The maximum atomic E-state index is 12.6. The molecule has 3 atom stereocenters. The van der Waals surface area contributed by atoms with Crippen molar-refractivity contribution in [2.45, 2.75) is 38.9 Å². The van der Waals surface area contributed by atoms with Gasteiger partial charge in [-0.05, 0) is 27.1 Å². The largest absolute Gasteiger partial charge is 0.334 e. The van der Waals surface area contributed by atoms with Crippen LogP contribution in [0.2, 0.25) is 0 Å². The minimum absolute atomic E-state index is 0.0342. The predicted molar refractivity (Wildman–Crippen MR) is 77.2 cm³/mol. The molecule has 0 aromatic carbocycles. The number of carbonyl (C=O) groups is 1. The fourth-order valence-electron chi connectivity index (χ4n) is 3.32. The first-order valence-corrected chi connectivity index (χ1v) is 7.54. The maximum Gasteiger partial charge on any atom is 0.240 e. The number of carbonyl (C=O) groups excluding carboxylic acids is 1. The predicted octanol–water partition coefficient (Wildman–Crippen LogP) is -0.169. The molecular weight excluding hydrogens is 240 g/mol. The summed E-state index contributed by atoms with van der Waals surface area (Å²) in [7, 11) is 2.00. The van der Waals surface area contributed by atoms with Gasteiger partial charge in [0, 0.05) is 32.2 Å². The van der Waals surface area contributed by atoms with Crippen LogP contribution in [0.1, 0.15) is 20.8 Å². The first-order valence-electron chi connectivity index (χ1n) is 7.54. The second-order valence-corrected chi connectivity index (χ2v) is 5.75. The van der Waals surface area contributed by atoms with E-state index in [1.54, 1.807) is 0 Å². The van der Waals surface area contributed by atoms with E-state index in [0.717, 1.165) is 39.3 Å². The van der Waals surface area contributed by atoms with Crippen LogP contribution in [0.3, 0.4) is 0 Å². The summed E-state index contributed by atoms with van der Waals surface area (Å²) in [5.41, 5.74) is 0. The second kappa shape index (κ2) is 6.20. The van der Waals surface area contributed by atoms with Crippen molar-refractivity contribution in [1.29, 1.82) is 0 Å². The molecule has 5 heteroatoms. The normalized spacial score (nSPS) is 34.2. The molecule has 2 aliphatic heterocycles. The highest BCUT2D eigenvalue weighted by Gasteiger charge is 2.40. The van der Waals surface area contributed by atoms with Crippen LogP contribution in [0.5, 0.6) is 0 Å². The van der Waals surface area contributed by atoms with Gasteiger partial charge in [-0.3, -0.25) is 14.6 Å². The summed E-state index contributed by atoms with van der Waals surface area (Å²) in [4.78, 5) is 19.5. The van der Waals surface area contributed by atoms with Crippen molar-refractivity contribution in [2.75, 3.05) is 46.3 Å². The summed E-state index contributed by atoms with van der Waals surface area (Å²) in [6.07, 6.45) is 0. The molecule has 2 heterocycles. The molecule has 2 fully saturated rings. The average Bonchev–Trinajstić information content (AvgIpc) is 2.61. The Morgan fingerprint density at radius 1 is 1.16 bits per heavy atom. The molecule has 1 amide bonds. The Bertz CT molecular complexity index is 323. The molecule has 0 spiro atoms.